The van der Waals surface area contributed by atoms with Gasteiger partial charge in [-0.15, -0.1) is 0 Å². The molecular formula is C11H15N3O4. The predicted octanol–water partition coefficient (Wildman–Crippen LogP) is -0.186. The van der Waals surface area contributed by atoms with Crippen LogP contribution in [-0.2, 0) is 14.3 Å². The first-order valence-electron chi connectivity index (χ1n) is 5.67. The van der Waals surface area contributed by atoms with E-state index in [1.807, 2.05) is 0 Å². The standard InChI is InChI=1S/C11H15N3O4/c1-17-10(15)6-8-7-14(4-5-18-8)11(16)9-2-3-12-13-9/h2-3,8H,4-7H2,1H3,(H,12,13). The highest BCUT2D eigenvalue weighted by atomic mass is 16.5. The Morgan fingerprint density at radius 2 is 2.50 bits per heavy atom. The van der Waals surface area contributed by atoms with Crippen LogP contribution < -0.4 is 0 Å². The molecule has 0 bridgehead atoms. The van der Waals surface area contributed by atoms with E-state index < -0.39 is 0 Å². The maximum absolute atomic E-state index is 12.0. The third kappa shape index (κ3) is 2.86. The molecule has 1 saturated heterocycles. The molecule has 1 atom stereocenters. The van der Waals surface area contributed by atoms with E-state index in [0.717, 1.165) is 0 Å². The Morgan fingerprint density at radius 1 is 1.67 bits per heavy atom. The molecule has 1 aromatic rings. The fourth-order valence-electron chi connectivity index (χ4n) is 1.84. The van der Waals surface area contributed by atoms with Crippen LogP contribution in [0.5, 0.6) is 0 Å². The number of H-pyrrole nitrogens is 1. The normalized spacial score (nSPS) is 19.6. The molecule has 0 saturated carbocycles. The third-order valence-electron chi connectivity index (χ3n) is 2.78. The molecule has 1 N–H and O–H groups in total. The Labute approximate surface area is 104 Å². The van der Waals surface area contributed by atoms with Crippen molar-refractivity contribution in [3.05, 3.63) is 18.0 Å². The molecule has 7 heteroatoms. The van der Waals surface area contributed by atoms with Gasteiger partial charge in [-0.2, -0.15) is 5.10 Å². The largest absolute Gasteiger partial charge is 0.469 e. The molecule has 0 aromatic carbocycles. The van der Waals surface area contributed by atoms with Crippen molar-refractivity contribution < 1.29 is 19.1 Å². The van der Waals surface area contributed by atoms with Crippen LogP contribution in [0.2, 0.25) is 0 Å². The van der Waals surface area contributed by atoms with Gasteiger partial charge in [-0.05, 0) is 6.07 Å². The van der Waals surface area contributed by atoms with Crippen molar-refractivity contribution in [2.24, 2.45) is 0 Å². The predicted molar refractivity (Wildman–Crippen MR) is 60.9 cm³/mol. The summed E-state index contributed by atoms with van der Waals surface area (Å²) in [6.45, 7) is 1.31. The molecule has 0 aliphatic carbocycles. The molecule has 2 heterocycles. The van der Waals surface area contributed by atoms with Crippen LogP contribution in [0, 0.1) is 0 Å². The topological polar surface area (TPSA) is 84.5 Å². The van der Waals surface area contributed by atoms with Crippen molar-refractivity contribution in [3.8, 4) is 0 Å². The van der Waals surface area contributed by atoms with Gasteiger partial charge in [-0.3, -0.25) is 14.7 Å². The Hall–Kier alpha value is -1.89. The molecular weight excluding hydrogens is 238 g/mol. The van der Waals surface area contributed by atoms with Gasteiger partial charge in [0, 0.05) is 19.3 Å². The number of methoxy groups -OCH3 is 1. The number of hydrogen-bond donors (Lipinski definition) is 1. The highest BCUT2D eigenvalue weighted by molar-refractivity contribution is 5.92. The maximum Gasteiger partial charge on any atom is 0.308 e. The number of amides is 1. The zero-order valence-electron chi connectivity index (χ0n) is 10.1. The smallest absolute Gasteiger partial charge is 0.308 e. The Morgan fingerprint density at radius 3 is 3.17 bits per heavy atom. The van der Waals surface area contributed by atoms with Crippen molar-refractivity contribution in [2.45, 2.75) is 12.5 Å². The molecule has 1 aliphatic rings. The van der Waals surface area contributed by atoms with Crippen molar-refractivity contribution in [2.75, 3.05) is 26.8 Å². The van der Waals surface area contributed by atoms with Crippen LogP contribution in [0.3, 0.4) is 0 Å². The van der Waals surface area contributed by atoms with Gasteiger partial charge >= 0.3 is 5.97 Å². The van der Waals surface area contributed by atoms with E-state index in [2.05, 4.69) is 14.9 Å². The second-order valence-corrected chi connectivity index (χ2v) is 3.99. The number of morpholine rings is 1. The van der Waals surface area contributed by atoms with Crippen LogP contribution in [0.25, 0.3) is 0 Å². The minimum absolute atomic E-state index is 0.134. The van der Waals surface area contributed by atoms with Gasteiger partial charge in [0.15, 0.2) is 0 Å². The summed E-state index contributed by atoms with van der Waals surface area (Å²) in [6.07, 6.45) is 1.38. The van der Waals surface area contributed by atoms with E-state index >= 15 is 0 Å². The third-order valence-corrected chi connectivity index (χ3v) is 2.78. The number of carbonyl (C=O) groups is 2. The van der Waals surface area contributed by atoms with Crippen LogP contribution >= 0.6 is 0 Å². The minimum atomic E-state index is -0.337. The fraction of sp³-hybridized carbons (Fsp3) is 0.545. The summed E-state index contributed by atoms with van der Waals surface area (Å²) in [4.78, 5) is 24.9. The van der Waals surface area contributed by atoms with E-state index in [1.54, 1.807) is 11.0 Å². The van der Waals surface area contributed by atoms with Crippen molar-refractivity contribution in [1.82, 2.24) is 15.1 Å². The number of nitrogens with one attached hydrogen (secondary N) is 1. The first kappa shape index (κ1) is 12.6. The lowest BCUT2D eigenvalue weighted by Gasteiger charge is -2.32. The summed E-state index contributed by atoms with van der Waals surface area (Å²) in [5.41, 5.74) is 0.439. The summed E-state index contributed by atoms with van der Waals surface area (Å²) in [5, 5.41) is 6.37. The number of aromatic amines is 1. The number of esters is 1. The van der Waals surface area contributed by atoms with Gasteiger partial charge in [-0.1, -0.05) is 0 Å². The summed E-state index contributed by atoms with van der Waals surface area (Å²) in [6, 6.07) is 1.62. The van der Waals surface area contributed by atoms with Gasteiger partial charge in [0.1, 0.15) is 5.69 Å². The Bertz CT molecular complexity index is 418. The van der Waals surface area contributed by atoms with E-state index in [9.17, 15) is 9.59 Å². The van der Waals surface area contributed by atoms with Gasteiger partial charge in [0.2, 0.25) is 0 Å². The quantitative estimate of drug-likeness (QED) is 0.755. The number of nitrogens with zero attached hydrogens (tertiary/aromatic N) is 2. The van der Waals surface area contributed by atoms with Gasteiger partial charge < -0.3 is 14.4 Å². The molecule has 18 heavy (non-hydrogen) atoms. The van der Waals surface area contributed by atoms with Crippen LogP contribution in [0.1, 0.15) is 16.9 Å². The van der Waals surface area contributed by atoms with Crippen molar-refractivity contribution >= 4 is 11.9 Å². The SMILES string of the molecule is COC(=O)CC1CN(C(=O)c2ccn[nH]2)CCO1. The lowest BCUT2D eigenvalue weighted by atomic mass is 10.2. The van der Waals surface area contributed by atoms with E-state index in [-0.39, 0.29) is 24.4 Å². The lowest BCUT2D eigenvalue weighted by Crippen LogP contribution is -2.46. The minimum Gasteiger partial charge on any atom is -0.469 e. The Balaban J connectivity index is 1.94. The number of hydrogen-bond acceptors (Lipinski definition) is 5. The van der Waals surface area contributed by atoms with Gasteiger partial charge in [0.05, 0.1) is 26.2 Å². The lowest BCUT2D eigenvalue weighted by molar-refractivity contribution is -0.145. The Kier molecular flexibility index (Phi) is 3.93. The van der Waals surface area contributed by atoms with Gasteiger partial charge in [-0.25, -0.2) is 0 Å². The highest BCUT2D eigenvalue weighted by Gasteiger charge is 2.27. The second kappa shape index (κ2) is 5.63. The molecule has 1 aliphatic heterocycles. The molecule has 1 amide bonds. The first-order valence-corrected chi connectivity index (χ1v) is 5.67. The molecule has 98 valence electrons. The number of ether oxygens (including phenoxy) is 2. The van der Waals surface area contributed by atoms with Crippen molar-refractivity contribution in [1.29, 1.82) is 0 Å². The number of carbonyl (C=O) groups excluding carboxylic acids is 2. The molecule has 7 nitrogen and oxygen atoms in total. The van der Waals surface area contributed by atoms with E-state index in [0.29, 0.717) is 25.4 Å². The van der Waals surface area contributed by atoms with E-state index in [1.165, 1.54) is 13.3 Å². The molecule has 0 radical (unpaired) electrons. The zero-order valence-corrected chi connectivity index (χ0v) is 10.1. The summed E-state index contributed by atoms with van der Waals surface area (Å²) in [7, 11) is 1.33. The number of rotatable bonds is 3. The van der Waals surface area contributed by atoms with Crippen LogP contribution in [0.4, 0.5) is 0 Å². The summed E-state index contributed by atoms with van der Waals surface area (Å²) >= 11 is 0. The van der Waals surface area contributed by atoms with Crippen LogP contribution in [-0.4, -0.2) is 59.9 Å². The van der Waals surface area contributed by atoms with Crippen LogP contribution in [0.15, 0.2) is 12.3 Å². The average Bonchev–Trinajstić information content (AvgIpc) is 2.92. The molecule has 1 aromatic heterocycles. The summed E-state index contributed by atoms with van der Waals surface area (Å²) in [5.74, 6) is -0.471. The monoisotopic (exact) mass is 253 g/mol. The van der Waals surface area contributed by atoms with Gasteiger partial charge in [0.25, 0.3) is 5.91 Å². The first-order chi connectivity index (χ1) is 8.70. The van der Waals surface area contributed by atoms with Crippen molar-refractivity contribution in [3.63, 3.8) is 0 Å². The average molecular weight is 253 g/mol. The summed E-state index contributed by atoms with van der Waals surface area (Å²) < 4.78 is 10.0. The molecule has 1 fully saturated rings. The number of aromatic nitrogens is 2. The molecule has 1 unspecified atom stereocenters. The second-order valence-electron chi connectivity index (χ2n) is 3.99. The fourth-order valence-corrected chi connectivity index (χ4v) is 1.84. The molecule has 0 spiro atoms. The maximum atomic E-state index is 12.0. The highest BCUT2D eigenvalue weighted by Crippen LogP contribution is 2.12. The van der Waals surface area contributed by atoms with E-state index in [4.69, 9.17) is 4.74 Å². The zero-order chi connectivity index (χ0) is 13.0. The molecule has 2 rings (SSSR count).